The zero-order valence-electron chi connectivity index (χ0n) is 16.9. The SMILES string of the molecule is Cc1cccc(C(=O)Nc2ccc(NC(=O)Cc3cc(C(C)(C)C)on3)cc2)n1. The van der Waals surface area contributed by atoms with Crippen LogP contribution in [0.4, 0.5) is 11.4 Å². The highest BCUT2D eigenvalue weighted by Gasteiger charge is 2.20. The second-order valence-corrected chi connectivity index (χ2v) is 7.85. The molecule has 3 aromatic rings. The van der Waals surface area contributed by atoms with Gasteiger partial charge in [-0.3, -0.25) is 9.59 Å². The van der Waals surface area contributed by atoms with Gasteiger partial charge in [0.2, 0.25) is 5.91 Å². The van der Waals surface area contributed by atoms with Crippen LogP contribution in [0.3, 0.4) is 0 Å². The van der Waals surface area contributed by atoms with Crippen molar-refractivity contribution in [3.05, 3.63) is 71.4 Å². The Hall–Kier alpha value is -3.48. The molecule has 7 heteroatoms. The molecule has 7 nitrogen and oxygen atoms in total. The van der Waals surface area contributed by atoms with Crippen LogP contribution >= 0.6 is 0 Å². The number of carbonyl (C=O) groups is 2. The molecule has 150 valence electrons. The molecule has 0 spiro atoms. The second-order valence-electron chi connectivity index (χ2n) is 7.85. The largest absolute Gasteiger partial charge is 0.361 e. The van der Waals surface area contributed by atoms with E-state index in [0.29, 0.717) is 22.8 Å². The minimum Gasteiger partial charge on any atom is -0.361 e. The molecule has 29 heavy (non-hydrogen) atoms. The fourth-order valence-electron chi connectivity index (χ4n) is 2.62. The number of amides is 2. The summed E-state index contributed by atoms with van der Waals surface area (Å²) in [4.78, 5) is 28.7. The third-order valence-electron chi connectivity index (χ3n) is 4.19. The van der Waals surface area contributed by atoms with Gasteiger partial charge in [0, 0.05) is 28.6 Å². The molecule has 0 atom stereocenters. The highest BCUT2D eigenvalue weighted by atomic mass is 16.5. The van der Waals surface area contributed by atoms with E-state index in [0.717, 1.165) is 11.5 Å². The van der Waals surface area contributed by atoms with Crippen molar-refractivity contribution >= 4 is 23.2 Å². The lowest BCUT2D eigenvalue weighted by atomic mass is 9.93. The standard InChI is InChI=1S/C22H24N4O3/c1-14-6-5-7-18(23-14)21(28)25-16-10-8-15(9-11-16)24-20(27)13-17-12-19(29-26-17)22(2,3)4/h5-12H,13H2,1-4H3,(H,24,27)(H,25,28). The number of nitrogens with one attached hydrogen (secondary N) is 2. The minimum atomic E-state index is -0.286. The number of benzene rings is 1. The van der Waals surface area contributed by atoms with Crippen LogP contribution in [-0.2, 0) is 16.6 Å². The average Bonchev–Trinajstić information content (AvgIpc) is 3.12. The number of pyridine rings is 1. The number of rotatable bonds is 5. The van der Waals surface area contributed by atoms with Crippen LogP contribution in [0.15, 0.2) is 53.1 Å². The van der Waals surface area contributed by atoms with Crippen molar-refractivity contribution in [2.75, 3.05) is 10.6 Å². The monoisotopic (exact) mass is 392 g/mol. The predicted molar refractivity (Wildman–Crippen MR) is 111 cm³/mol. The fraction of sp³-hybridized carbons (Fsp3) is 0.273. The van der Waals surface area contributed by atoms with Crippen molar-refractivity contribution in [3.8, 4) is 0 Å². The number of aryl methyl sites for hydroxylation is 1. The lowest BCUT2D eigenvalue weighted by Crippen LogP contribution is -2.15. The summed E-state index contributed by atoms with van der Waals surface area (Å²) >= 11 is 0. The third kappa shape index (κ3) is 5.51. The lowest BCUT2D eigenvalue weighted by molar-refractivity contribution is -0.115. The summed E-state index contributed by atoms with van der Waals surface area (Å²) < 4.78 is 5.30. The van der Waals surface area contributed by atoms with Gasteiger partial charge >= 0.3 is 0 Å². The molecular weight excluding hydrogens is 368 g/mol. The Bertz CT molecular complexity index is 1020. The summed E-state index contributed by atoms with van der Waals surface area (Å²) in [6.07, 6.45) is 0.122. The molecule has 2 aromatic heterocycles. The van der Waals surface area contributed by atoms with Crippen molar-refractivity contribution in [1.29, 1.82) is 0 Å². The first-order valence-corrected chi connectivity index (χ1v) is 9.32. The van der Waals surface area contributed by atoms with Crippen molar-refractivity contribution in [3.63, 3.8) is 0 Å². The summed E-state index contributed by atoms with van der Waals surface area (Å²) in [5, 5.41) is 9.56. The van der Waals surface area contributed by atoms with E-state index in [2.05, 4.69) is 20.8 Å². The van der Waals surface area contributed by atoms with Gasteiger partial charge in [-0.2, -0.15) is 0 Å². The van der Waals surface area contributed by atoms with Crippen LogP contribution in [-0.4, -0.2) is 22.0 Å². The number of aromatic nitrogens is 2. The van der Waals surface area contributed by atoms with Crippen LogP contribution < -0.4 is 10.6 Å². The molecule has 0 aliphatic heterocycles. The van der Waals surface area contributed by atoms with Gasteiger partial charge in [-0.15, -0.1) is 0 Å². The molecule has 0 saturated carbocycles. The van der Waals surface area contributed by atoms with E-state index in [-0.39, 0.29) is 23.7 Å². The Morgan fingerprint density at radius 2 is 1.66 bits per heavy atom. The molecule has 0 aliphatic rings. The summed E-state index contributed by atoms with van der Waals surface area (Å²) in [6.45, 7) is 7.89. The van der Waals surface area contributed by atoms with E-state index in [1.54, 1.807) is 42.5 Å². The van der Waals surface area contributed by atoms with E-state index >= 15 is 0 Å². The number of nitrogens with zero attached hydrogens (tertiary/aromatic N) is 2. The van der Waals surface area contributed by atoms with Gasteiger partial charge in [0.05, 0.1) is 12.1 Å². The first-order chi connectivity index (χ1) is 13.7. The molecule has 2 N–H and O–H groups in total. The highest BCUT2D eigenvalue weighted by molar-refractivity contribution is 6.03. The van der Waals surface area contributed by atoms with Crippen molar-refractivity contribution < 1.29 is 14.1 Å². The average molecular weight is 392 g/mol. The molecule has 0 saturated heterocycles. The van der Waals surface area contributed by atoms with Gasteiger partial charge in [0.1, 0.15) is 11.5 Å². The van der Waals surface area contributed by atoms with E-state index < -0.39 is 0 Å². The number of anilines is 2. The topological polar surface area (TPSA) is 97.1 Å². The van der Waals surface area contributed by atoms with Gasteiger partial charge in [0.15, 0.2) is 0 Å². The molecule has 0 bridgehead atoms. The van der Waals surface area contributed by atoms with Crippen LogP contribution in [0.2, 0.25) is 0 Å². The third-order valence-corrected chi connectivity index (χ3v) is 4.19. The number of hydrogen-bond donors (Lipinski definition) is 2. The number of carbonyl (C=O) groups excluding carboxylic acids is 2. The van der Waals surface area contributed by atoms with Gasteiger partial charge < -0.3 is 15.2 Å². The molecule has 0 aliphatic carbocycles. The zero-order valence-corrected chi connectivity index (χ0v) is 16.9. The Kier molecular flexibility index (Phi) is 5.77. The normalized spacial score (nSPS) is 11.2. The molecule has 1 aromatic carbocycles. The highest BCUT2D eigenvalue weighted by Crippen LogP contribution is 2.23. The van der Waals surface area contributed by atoms with Gasteiger partial charge in [0.25, 0.3) is 5.91 Å². The maximum Gasteiger partial charge on any atom is 0.274 e. The van der Waals surface area contributed by atoms with Crippen molar-refractivity contribution in [1.82, 2.24) is 10.1 Å². The van der Waals surface area contributed by atoms with Crippen LogP contribution in [0.25, 0.3) is 0 Å². The number of hydrogen-bond acceptors (Lipinski definition) is 5. The Morgan fingerprint density at radius 3 is 2.24 bits per heavy atom. The molecular formula is C22H24N4O3. The zero-order chi connectivity index (χ0) is 21.0. The van der Waals surface area contributed by atoms with Crippen molar-refractivity contribution in [2.45, 2.75) is 39.5 Å². The first-order valence-electron chi connectivity index (χ1n) is 9.32. The van der Waals surface area contributed by atoms with E-state index in [9.17, 15) is 9.59 Å². The van der Waals surface area contributed by atoms with E-state index in [4.69, 9.17) is 4.52 Å². The summed E-state index contributed by atoms with van der Waals surface area (Å²) in [5.41, 5.74) is 2.79. The second kappa shape index (κ2) is 8.26. The summed E-state index contributed by atoms with van der Waals surface area (Å²) in [6, 6.07) is 14.0. The predicted octanol–water partition coefficient (Wildman–Crippen LogP) is 4.11. The first kappa shape index (κ1) is 20.3. The Labute approximate surface area is 169 Å². The van der Waals surface area contributed by atoms with E-state index in [1.165, 1.54) is 0 Å². The van der Waals surface area contributed by atoms with Gasteiger partial charge in [-0.1, -0.05) is 32.0 Å². The van der Waals surface area contributed by atoms with Gasteiger partial charge in [-0.25, -0.2) is 4.98 Å². The molecule has 2 heterocycles. The lowest BCUT2D eigenvalue weighted by Gasteiger charge is -2.12. The Morgan fingerprint density at radius 1 is 1.00 bits per heavy atom. The molecule has 3 rings (SSSR count). The molecule has 0 unspecified atom stereocenters. The quantitative estimate of drug-likeness (QED) is 0.681. The maximum absolute atomic E-state index is 12.2. The summed E-state index contributed by atoms with van der Waals surface area (Å²) in [5.74, 6) is 0.258. The summed E-state index contributed by atoms with van der Waals surface area (Å²) in [7, 11) is 0. The van der Waals surface area contributed by atoms with Crippen LogP contribution in [0, 0.1) is 6.92 Å². The molecule has 0 radical (unpaired) electrons. The van der Waals surface area contributed by atoms with Crippen LogP contribution in [0.1, 0.15) is 48.4 Å². The minimum absolute atomic E-state index is 0.122. The maximum atomic E-state index is 12.2. The van der Waals surface area contributed by atoms with Gasteiger partial charge in [-0.05, 0) is 43.3 Å². The Balaban J connectivity index is 1.56. The fourth-order valence-corrected chi connectivity index (χ4v) is 2.62. The van der Waals surface area contributed by atoms with Crippen molar-refractivity contribution in [2.24, 2.45) is 0 Å². The van der Waals surface area contributed by atoms with Crippen LogP contribution in [0.5, 0.6) is 0 Å². The molecule has 2 amide bonds. The van der Waals surface area contributed by atoms with E-state index in [1.807, 2.05) is 33.8 Å². The smallest absolute Gasteiger partial charge is 0.274 e. The molecule has 0 fully saturated rings.